The van der Waals surface area contributed by atoms with Crippen LogP contribution in [0, 0.1) is 0 Å². The minimum atomic E-state index is -0.992. The van der Waals surface area contributed by atoms with Crippen LogP contribution in [0.3, 0.4) is 0 Å². The fourth-order valence-corrected chi connectivity index (χ4v) is 0.916. The maximum atomic E-state index is 10.9. The fourth-order valence-electron chi connectivity index (χ4n) is 0.916. The zero-order valence-electron chi connectivity index (χ0n) is 7.96. The average Bonchev–Trinajstić information content (AvgIpc) is 2.04. The third-order valence-corrected chi connectivity index (χ3v) is 1.52. The van der Waals surface area contributed by atoms with Crippen molar-refractivity contribution in [3.8, 4) is 0 Å². The quantitative estimate of drug-likeness (QED) is 0.589. The number of carbonyl (C=O) groups excluding carboxylic acids is 1. The van der Waals surface area contributed by atoms with Crippen LogP contribution in [0.25, 0.3) is 0 Å². The lowest BCUT2D eigenvalue weighted by Gasteiger charge is -2.13. The summed E-state index contributed by atoms with van der Waals surface area (Å²) in [5.41, 5.74) is 0. The second-order valence-corrected chi connectivity index (χ2v) is 2.68. The van der Waals surface area contributed by atoms with Crippen LogP contribution in [0.1, 0.15) is 26.7 Å². The topological polar surface area (TPSA) is 78.4 Å². The first-order valence-corrected chi connectivity index (χ1v) is 4.39. The Morgan fingerprint density at radius 1 is 1.38 bits per heavy atom. The summed E-state index contributed by atoms with van der Waals surface area (Å²) in [7, 11) is 0. The number of rotatable bonds is 5. The Morgan fingerprint density at radius 3 is 2.38 bits per heavy atom. The Morgan fingerprint density at radius 2 is 2.00 bits per heavy atom. The Bertz CT molecular complexity index is 182. The second-order valence-electron chi connectivity index (χ2n) is 2.68. The molecule has 0 aliphatic carbocycles. The van der Waals surface area contributed by atoms with Gasteiger partial charge in [0.1, 0.15) is 6.04 Å². The van der Waals surface area contributed by atoms with Gasteiger partial charge in [-0.15, -0.1) is 0 Å². The lowest BCUT2D eigenvalue weighted by atomic mass is 10.2. The normalized spacial score (nSPS) is 11.8. The molecule has 0 aliphatic heterocycles. The van der Waals surface area contributed by atoms with Gasteiger partial charge in [-0.3, -0.25) is 0 Å². The molecule has 5 nitrogen and oxygen atoms in total. The smallest absolute Gasteiger partial charge is 0.326 e. The van der Waals surface area contributed by atoms with Gasteiger partial charge in [0.15, 0.2) is 0 Å². The molecule has 0 heterocycles. The average molecular weight is 188 g/mol. The maximum absolute atomic E-state index is 10.9. The first-order valence-electron chi connectivity index (χ1n) is 4.39. The Kier molecular flexibility index (Phi) is 5.67. The van der Waals surface area contributed by atoms with E-state index in [1.54, 1.807) is 6.92 Å². The van der Waals surface area contributed by atoms with Gasteiger partial charge in [0, 0.05) is 6.54 Å². The minimum Gasteiger partial charge on any atom is -0.480 e. The number of urea groups is 1. The summed E-state index contributed by atoms with van der Waals surface area (Å²) in [4.78, 5) is 21.5. The van der Waals surface area contributed by atoms with Gasteiger partial charge < -0.3 is 15.7 Å². The van der Waals surface area contributed by atoms with Crippen molar-refractivity contribution in [1.82, 2.24) is 10.6 Å². The highest BCUT2D eigenvalue weighted by Gasteiger charge is 2.17. The first kappa shape index (κ1) is 11.7. The van der Waals surface area contributed by atoms with Crippen LogP contribution < -0.4 is 10.6 Å². The predicted octanol–water partition coefficient (Wildman–Crippen LogP) is 0.559. The minimum absolute atomic E-state index is 0.427. The SMILES string of the molecule is CCC[C@@H](NC(=O)NCC)C(=O)O. The van der Waals surface area contributed by atoms with Crippen molar-refractivity contribution < 1.29 is 14.7 Å². The van der Waals surface area contributed by atoms with E-state index in [0.717, 1.165) is 6.42 Å². The molecular formula is C8H16N2O3. The molecule has 3 N–H and O–H groups in total. The molecular weight excluding hydrogens is 172 g/mol. The molecule has 0 aromatic carbocycles. The zero-order chi connectivity index (χ0) is 10.3. The van der Waals surface area contributed by atoms with E-state index in [1.165, 1.54) is 0 Å². The van der Waals surface area contributed by atoms with Gasteiger partial charge in [0.2, 0.25) is 0 Å². The largest absolute Gasteiger partial charge is 0.480 e. The summed E-state index contributed by atoms with van der Waals surface area (Å²) in [6.07, 6.45) is 1.18. The number of carboxylic acids is 1. The third kappa shape index (κ3) is 5.05. The van der Waals surface area contributed by atoms with Crippen LogP contribution in [-0.2, 0) is 4.79 Å². The zero-order valence-corrected chi connectivity index (χ0v) is 7.96. The van der Waals surface area contributed by atoms with Crippen LogP contribution in [0.5, 0.6) is 0 Å². The van der Waals surface area contributed by atoms with Crippen molar-refractivity contribution in [3.05, 3.63) is 0 Å². The Hall–Kier alpha value is -1.26. The number of aliphatic carboxylic acids is 1. The molecule has 0 aliphatic rings. The molecule has 2 amide bonds. The molecule has 0 unspecified atom stereocenters. The molecule has 0 radical (unpaired) electrons. The van der Waals surface area contributed by atoms with Gasteiger partial charge in [-0.05, 0) is 13.3 Å². The van der Waals surface area contributed by atoms with E-state index in [9.17, 15) is 9.59 Å². The number of amides is 2. The summed E-state index contributed by atoms with van der Waals surface area (Å²) in [6, 6.07) is -1.21. The van der Waals surface area contributed by atoms with Gasteiger partial charge in [-0.2, -0.15) is 0 Å². The standard InChI is InChI=1S/C8H16N2O3/c1-3-5-6(7(11)12)10-8(13)9-4-2/h6H,3-5H2,1-2H3,(H,11,12)(H2,9,10,13)/t6-/m1/s1. The van der Waals surface area contributed by atoms with Crippen molar-refractivity contribution in [2.75, 3.05) is 6.54 Å². The first-order chi connectivity index (χ1) is 6.11. The summed E-state index contributed by atoms with van der Waals surface area (Å²) in [5.74, 6) is -0.992. The summed E-state index contributed by atoms with van der Waals surface area (Å²) < 4.78 is 0. The molecule has 0 fully saturated rings. The van der Waals surface area contributed by atoms with Crippen LogP contribution in [-0.4, -0.2) is 29.7 Å². The Balaban J connectivity index is 3.94. The summed E-state index contributed by atoms with van der Waals surface area (Å²) in [5, 5.41) is 13.5. The maximum Gasteiger partial charge on any atom is 0.326 e. The molecule has 1 atom stereocenters. The monoisotopic (exact) mass is 188 g/mol. The molecule has 0 saturated heterocycles. The van der Waals surface area contributed by atoms with E-state index < -0.39 is 18.0 Å². The van der Waals surface area contributed by atoms with E-state index in [4.69, 9.17) is 5.11 Å². The summed E-state index contributed by atoms with van der Waals surface area (Å²) >= 11 is 0. The molecule has 13 heavy (non-hydrogen) atoms. The van der Waals surface area contributed by atoms with E-state index in [1.807, 2.05) is 6.92 Å². The fraction of sp³-hybridized carbons (Fsp3) is 0.750. The third-order valence-electron chi connectivity index (χ3n) is 1.52. The van der Waals surface area contributed by atoms with Crippen LogP contribution in [0.2, 0.25) is 0 Å². The highest BCUT2D eigenvalue weighted by Crippen LogP contribution is 1.96. The number of hydrogen-bond acceptors (Lipinski definition) is 2. The van der Waals surface area contributed by atoms with Crippen LogP contribution >= 0.6 is 0 Å². The van der Waals surface area contributed by atoms with Crippen LogP contribution in [0.15, 0.2) is 0 Å². The van der Waals surface area contributed by atoms with Gasteiger partial charge >= 0.3 is 12.0 Å². The number of hydrogen-bond donors (Lipinski definition) is 3. The molecule has 0 rings (SSSR count). The lowest BCUT2D eigenvalue weighted by molar-refractivity contribution is -0.139. The molecule has 0 bridgehead atoms. The molecule has 5 heteroatoms. The van der Waals surface area contributed by atoms with E-state index in [-0.39, 0.29) is 0 Å². The highest BCUT2D eigenvalue weighted by molar-refractivity contribution is 5.82. The van der Waals surface area contributed by atoms with Gasteiger partial charge in [0.05, 0.1) is 0 Å². The van der Waals surface area contributed by atoms with Crippen molar-refractivity contribution >= 4 is 12.0 Å². The second kappa shape index (κ2) is 6.28. The van der Waals surface area contributed by atoms with E-state index >= 15 is 0 Å². The summed E-state index contributed by atoms with van der Waals surface area (Å²) in [6.45, 7) is 4.13. The van der Waals surface area contributed by atoms with Crippen molar-refractivity contribution in [1.29, 1.82) is 0 Å². The molecule has 0 saturated carbocycles. The Labute approximate surface area is 77.5 Å². The van der Waals surface area contributed by atoms with E-state index in [0.29, 0.717) is 13.0 Å². The number of nitrogens with one attached hydrogen (secondary N) is 2. The molecule has 0 aromatic heterocycles. The number of carbonyl (C=O) groups is 2. The highest BCUT2D eigenvalue weighted by atomic mass is 16.4. The predicted molar refractivity (Wildman–Crippen MR) is 48.5 cm³/mol. The van der Waals surface area contributed by atoms with Crippen LogP contribution in [0.4, 0.5) is 4.79 Å². The molecule has 0 spiro atoms. The van der Waals surface area contributed by atoms with Gasteiger partial charge in [-0.25, -0.2) is 9.59 Å². The van der Waals surface area contributed by atoms with Crippen molar-refractivity contribution in [3.63, 3.8) is 0 Å². The van der Waals surface area contributed by atoms with Gasteiger partial charge in [-0.1, -0.05) is 13.3 Å². The van der Waals surface area contributed by atoms with Crippen molar-refractivity contribution in [2.45, 2.75) is 32.7 Å². The van der Waals surface area contributed by atoms with E-state index in [2.05, 4.69) is 10.6 Å². The van der Waals surface area contributed by atoms with Gasteiger partial charge in [0.25, 0.3) is 0 Å². The molecule has 76 valence electrons. The van der Waals surface area contributed by atoms with Crippen molar-refractivity contribution in [2.24, 2.45) is 0 Å². The lowest BCUT2D eigenvalue weighted by Crippen LogP contribution is -2.45. The number of carboxylic acid groups (broad SMARTS) is 1. The molecule has 0 aromatic rings.